The van der Waals surface area contributed by atoms with Gasteiger partial charge in [0.05, 0.1) is 18.6 Å². The van der Waals surface area contributed by atoms with Gasteiger partial charge in [0.25, 0.3) is 0 Å². The first kappa shape index (κ1) is 28.2. The van der Waals surface area contributed by atoms with Gasteiger partial charge in [0.1, 0.15) is 11.8 Å². The second-order valence-electron chi connectivity index (χ2n) is 8.35. The average Bonchev–Trinajstić information content (AvgIpc) is 2.82. The molecule has 0 fully saturated rings. The Morgan fingerprint density at radius 1 is 1.06 bits per heavy atom. The maximum absolute atomic E-state index is 13.3. The number of amides is 2. The number of hydrogen-bond acceptors (Lipinski definition) is 5. The number of rotatable bonds is 13. The van der Waals surface area contributed by atoms with Crippen molar-refractivity contribution in [1.82, 2.24) is 10.2 Å². The zero-order chi connectivity index (χ0) is 26.0. The van der Waals surface area contributed by atoms with E-state index >= 15 is 0 Å². The molecule has 0 saturated heterocycles. The lowest BCUT2D eigenvalue weighted by atomic mass is 10.1. The monoisotopic (exact) mass is 503 g/mol. The SMILES string of the molecule is CCOc1ccc(N(CCCC(=O)N(Cc2ccccc2C)[C@@H](CC)C(=O)NC)S(C)(=O)=O)cc1. The first-order valence-corrected chi connectivity index (χ1v) is 13.7. The lowest BCUT2D eigenvalue weighted by Gasteiger charge is -2.31. The molecule has 1 N–H and O–H groups in total. The lowest BCUT2D eigenvalue weighted by Crippen LogP contribution is -2.48. The fraction of sp³-hybridized carbons (Fsp3) is 0.462. The van der Waals surface area contributed by atoms with E-state index in [-0.39, 0.29) is 24.8 Å². The summed E-state index contributed by atoms with van der Waals surface area (Å²) in [6, 6.07) is 14.0. The van der Waals surface area contributed by atoms with E-state index in [4.69, 9.17) is 4.74 Å². The summed E-state index contributed by atoms with van der Waals surface area (Å²) in [5, 5.41) is 2.65. The fourth-order valence-corrected chi connectivity index (χ4v) is 4.90. The number of aryl methyl sites for hydroxylation is 1. The smallest absolute Gasteiger partial charge is 0.242 e. The van der Waals surface area contributed by atoms with E-state index in [9.17, 15) is 18.0 Å². The first-order chi connectivity index (χ1) is 16.6. The molecule has 192 valence electrons. The summed E-state index contributed by atoms with van der Waals surface area (Å²) in [7, 11) is -1.99. The van der Waals surface area contributed by atoms with E-state index < -0.39 is 16.1 Å². The summed E-state index contributed by atoms with van der Waals surface area (Å²) >= 11 is 0. The molecule has 0 unspecified atom stereocenters. The number of ether oxygens (including phenoxy) is 1. The van der Waals surface area contributed by atoms with Crippen LogP contribution in [0.25, 0.3) is 0 Å². The van der Waals surface area contributed by atoms with Gasteiger partial charge in [-0.05, 0) is 62.1 Å². The number of anilines is 1. The Bertz CT molecular complexity index is 1090. The minimum absolute atomic E-state index is 0.114. The Kier molecular flexibility index (Phi) is 10.6. The molecule has 0 aliphatic carbocycles. The number of sulfonamides is 1. The van der Waals surface area contributed by atoms with Crippen molar-refractivity contribution in [1.29, 1.82) is 0 Å². The maximum atomic E-state index is 13.3. The van der Waals surface area contributed by atoms with Gasteiger partial charge in [0.15, 0.2) is 0 Å². The number of nitrogens with zero attached hydrogens (tertiary/aromatic N) is 2. The molecule has 0 saturated carbocycles. The van der Waals surface area contributed by atoms with Crippen molar-refractivity contribution < 1.29 is 22.7 Å². The number of carbonyl (C=O) groups is 2. The van der Waals surface area contributed by atoms with Gasteiger partial charge >= 0.3 is 0 Å². The van der Waals surface area contributed by atoms with Crippen LogP contribution in [0, 0.1) is 6.92 Å². The molecule has 35 heavy (non-hydrogen) atoms. The normalized spacial score (nSPS) is 12.0. The van der Waals surface area contributed by atoms with Crippen molar-refractivity contribution in [3.8, 4) is 5.75 Å². The van der Waals surface area contributed by atoms with Crippen LogP contribution in [0.2, 0.25) is 0 Å². The third-order valence-corrected chi connectivity index (χ3v) is 7.02. The van der Waals surface area contributed by atoms with Gasteiger partial charge in [-0.15, -0.1) is 0 Å². The Morgan fingerprint density at radius 2 is 1.71 bits per heavy atom. The van der Waals surface area contributed by atoms with Crippen LogP contribution in [0.1, 0.15) is 44.2 Å². The van der Waals surface area contributed by atoms with Gasteiger partial charge in [-0.1, -0.05) is 31.2 Å². The Labute approximate surface area is 209 Å². The molecule has 0 radical (unpaired) electrons. The minimum atomic E-state index is -3.55. The van der Waals surface area contributed by atoms with E-state index in [1.807, 2.05) is 45.0 Å². The van der Waals surface area contributed by atoms with E-state index in [1.165, 1.54) is 4.31 Å². The van der Waals surface area contributed by atoms with Gasteiger partial charge in [-0.3, -0.25) is 13.9 Å². The summed E-state index contributed by atoms with van der Waals surface area (Å²) in [6.07, 6.45) is 2.05. The van der Waals surface area contributed by atoms with Crippen molar-refractivity contribution >= 4 is 27.5 Å². The number of likely N-dealkylation sites (N-methyl/N-ethyl adjacent to an activating group) is 1. The van der Waals surface area contributed by atoms with Crippen molar-refractivity contribution in [3.63, 3.8) is 0 Å². The van der Waals surface area contributed by atoms with E-state index in [0.29, 0.717) is 37.4 Å². The second kappa shape index (κ2) is 13.1. The van der Waals surface area contributed by atoms with Crippen molar-refractivity contribution in [2.24, 2.45) is 0 Å². The third-order valence-electron chi connectivity index (χ3n) is 5.82. The van der Waals surface area contributed by atoms with Gasteiger partial charge in [-0.25, -0.2) is 8.42 Å². The van der Waals surface area contributed by atoms with Gasteiger partial charge in [-0.2, -0.15) is 0 Å². The van der Waals surface area contributed by atoms with Crippen LogP contribution in [-0.4, -0.2) is 57.6 Å². The number of carbonyl (C=O) groups excluding carboxylic acids is 2. The standard InChI is InChI=1S/C26H37N3O5S/c1-6-24(26(31)27-4)28(19-21-12-9-8-11-20(21)3)25(30)13-10-18-29(35(5,32)33)22-14-16-23(17-15-22)34-7-2/h8-9,11-12,14-17,24H,6-7,10,13,18-19H2,1-5H3,(H,27,31)/t24-/m0/s1. The maximum Gasteiger partial charge on any atom is 0.242 e. The third kappa shape index (κ3) is 7.99. The van der Waals surface area contributed by atoms with Crippen molar-refractivity contribution in [2.45, 2.75) is 52.6 Å². The largest absolute Gasteiger partial charge is 0.494 e. The van der Waals surface area contributed by atoms with Crippen LogP contribution in [0.3, 0.4) is 0 Å². The molecule has 0 bridgehead atoms. The summed E-state index contributed by atoms with van der Waals surface area (Å²) in [5.41, 5.74) is 2.52. The van der Waals surface area contributed by atoms with Crippen LogP contribution >= 0.6 is 0 Å². The number of nitrogens with one attached hydrogen (secondary N) is 1. The molecule has 0 aliphatic rings. The highest BCUT2D eigenvalue weighted by Crippen LogP contribution is 2.23. The minimum Gasteiger partial charge on any atom is -0.494 e. The highest BCUT2D eigenvalue weighted by molar-refractivity contribution is 7.92. The quantitative estimate of drug-likeness (QED) is 0.451. The topological polar surface area (TPSA) is 96.0 Å². The zero-order valence-electron chi connectivity index (χ0n) is 21.3. The molecule has 0 aromatic heterocycles. The second-order valence-corrected chi connectivity index (χ2v) is 10.3. The highest BCUT2D eigenvalue weighted by atomic mass is 32.2. The highest BCUT2D eigenvalue weighted by Gasteiger charge is 2.28. The number of hydrogen-bond donors (Lipinski definition) is 1. The first-order valence-electron chi connectivity index (χ1n) is 11.9. The van der Waals surface area contributed by atoms with Gasteiger partial charge in [0.2, 0.25) is 21.8 Å². The van der Waals surface area contributed by atoms with Gasteiger partial charge in [0, 0.05) is 26.6 Å². The predicted molar refractivity (Wildman–Crippen MR) is 139 cm³/mol. The molecule has 0 heterocycles. The van der Waals surface area contributed by atoms with Crippen LogP contribution in [0.15, 0.2) is 48.5 Å². The van der Waals surface area contributed by atoms with E-state index in [2.05, 4.69) is 5.32 Å². The Balaban J connectivity index is 2.18. The molecule has 2 rings (SSSR count). The molecule has 8 nitrogen and oxygen atoms in total. The molecule has 0 spiro atoms. The lowest BCUT2D eigenvalue weighted by molar-refractivity contribution is -0.141. The molecule has 1 atom stereocenters. The van der Waals surface area contributed by atoms with E-state index in [1.54, 1.807) is 36.2 Å². The summed E-state index contributed by atoms with van der Waals surface area (Å²) in [6.45, 7) is 6.70. The van der Waals surface area contributed by atoms with Crippen LogP contribution in [0.5, 0.6) is 5.75 Å². The van der Waals surface area contributed by atoms with Crippen molar-refractivity contribution in [3.05, 3.63) is 59.7 Å². The van der Waals surface area contributed by atoms with E-state index in [0.717, 1.165) is 17.4 Å². The molecular formula is C26H37N3O5S. The molecular weight excluding hydrogens is 466 g/mol. The molecule has 2 aromatic rings. The number of benzene rings is 2. The predicted octanol–water partition coefficient (Wildman–Crippen LogP) is 3.49. The summed E-state index contributed by atoms with van der Waals surface area (Å²) in [4.78, 5) is 27.5. The zero-order valence-corrected chi connectivity index (χ0v) is 22.1. The Morgan fingerprint density at radius 3 is 2.26 bits per heavy atom. The molecule has 0 aliphatic heterocycles. The van der Waals surface area contributed by atoms with Crippen LogP contribution in [0.4, 0.5) is 5.69 Å². The Hall–Kier alpha value is -3.07. The van der Waals surface area contributed by atoms with Gasteiger partial charge < -0.3 is 15.0 Å². The molecule has 2 aromatic carbocycles. The average molecular weight is 504 g/mol. The molecule has 9 heteroatoms. The van der Waals surface area contributed by atoms with Crippen LogP contribution in [-0.2, 0) is 26.2 Å². The fourth-order valence-electron chi connectivity index (χ4n) is 3.94. The summed E-state index contributed by atoms with van der Waals surface area (Å²) in [5.74, 6) is 0.247. The summed E-state index contributed by atoms with van der Waals surface area (Å²) < 4.78 is 31.6. The van der Waals surface area contributed by atoms with Crippen LogP contribution < -0.4 is 14.4 Å². The van der Waals surface area contributed by atoms with Crippen molar-refractivity contribution in [2.75, 3.05) is 30.8 Å². The molecule has 2 amide bonds.